The molecule has 0 saturated carbocycles. The standard InChI is InChI=1S/C45H66O6/c1-13-16-49-40-31-19-37(43(4,5)6)20-32(40)26-47-28-34-22-39(45(10,11)12)24-36(42(34)51-18-15-3)30-48-29-35-23-38(44(7,8)9)21-33(27-46-25-31)41(35)50-17-14-2/h19-24H,13-18,25-30H2,1-12H3. The van der Waals surface area contributed by atoms with Crippen LogP contribution in [0.25, 0.3) is 0 Å². The smallest absolute Gasteiger partial charge is 0.130 e. The highest BCUT2D eigenvalue weighted by atomic mass is 16.5. The average molecular weight is 703 g/mol. The van der Waals surface area contributed by atoms with Gasteiger partial charge in [-0.1, -0.05) is 83.1 Å². The zero-order valence-corrected chi connectivity index (χ0v) is 33.9. The number of hydrogen-bond acceptors (Lipinski definition) is 6. The van der Waals surface area contributed by atoms with Gasteiger partial charge in [-0.2, -0.15) is 0 Å². The Bertz CT molecular complexity index is 1320. The molecule has 1 aliphatic rings. The molecule has 0 aliphatic carbocycles. The van der Waals surface area contributed by atoms with Gasteiger partial charge in [-0.25, -0.2) is 0 Å². The number of hydrogen-bond donors (Lipinski definition) is 0. The summed E-state index contributed by atoms with van der Waals surface area (Å²) in [5.41, 5.74) is 9.66. The molecule has 3 aromatic rings. The fraction of sp³-hybridized carbons (Fsp3) is 0.600. The number of benzene rings is 3. The lowest BCUT2D eigenvalue weighted by molar-refractivity contribution is 0.0902. The van der Waals surface area contributed by atoms with Crippen molar-refractivity contribution < 1.29 is 28.4 Å². The van der Waals surface area contributed by atoms with Gasteiger partial charge in [-0.15, -0.1) is 0 Å². The first-order chi connectivity index (χ1) is 24.1. The molecule has 0 atom stereocenters. The lowest BCUT2D eigenvalue weighted by Crippen LogP contribution is -2.16. The van der Waals surface area contributed by atoms with Crippen LogP contribution in [0.15, 0.2) is 36.4 Å². The summed E-state index contributed by atoms with van der Waals surface area (Å²) in [6.45, 7) is 30.9. The van der Waals surface area contributed by atoms with Crippen molar-refractivity contribution in [2.45, 2.75) is 158 Å². The molecule has 0 aromatic heterocycles. The van der Waals surface area contributed by atoms with Crippen LogP contribution in [0, 0.1) is 0 Å². The van der Waals surface area contributed by atoms with E-state index in [0.717, 1.165) is 69.9 Å². The van der Waals surface area contributed by atoms with Crippen LogP contribution < -0.4 is 14.2 Å². The van der Waals surface area contributed by atoms with E-state index in [0.29, 0.717) is 59.5 Å². The first-order valence-electron chi connectivity index (χ1n) is 19.2. The van der Waals surface area contributed by atoms with Gasteiger partial charge in [0.1, 0.15) is 17.2 Å². The highest BCUT2D eigenvalue weighted by Gasteiger charge is 2.25. The van der Waals surface area contributed by atoms with Crippen molar-refractivity contribution in [2.24, 2.45) is 0 Å². The second kappa shape index (κ2) is 17.6. The molecule has 4 rings (SSSR count). The molecule has 51 heavy (non-hydrogen) atoms. The second-order valence-corrected chi connectivity index (χ2v) is 17.1. The fourth-order valence-electron chi connectivity index (χ4n) is 6.19. The molecule has 0 saturated heterocycles. The van der Waals surface area contributed by atoms with Gasteiger partial charge >= 0.3 is 0 Å². The zero-order valence-electron chi connectivity index (χ0n) is 33.9. The molecule has 0 fully saturated rings. The predicted molar refractivity (Wildman–Crippen MR) is 208 cm³/mol. The van der Waals surface area contributed by atoms with E-state index in [1.165, 1.54) is 16.7 Å². The van der Waals surface area contributed by atoms with Crippen LogP contribution in [0.1, 0.15) is 152 Å². The highest BCUT2D eigenvalue weighted by Crippen LogP contribution is 2.38. The highest BCUT2D eigenvalue weighted by molar-refractivity contribution is 5.49. The second-order valence-electron chi connectivity index (χ2n) is 17.1. The van der Waals surface area contributed by atoms with Crippen LogP contribution in [-0.2, 0) is 70.1 Å². The minimum absolute atomic E-state index is 0.0714. The molecule has 0 N–H and O–H groups in total. The lowest BCUT2D eigenvalue weighted by Gasteiger charge is -2.26. The first kappa shape index (κ1) is 40.7. The van der Waals surface area contributed by atoms with Crippen molar-refractivity contribution in [3.8, 4) is 17.2 Å². The van der Waals surface area contributed by atoms with Gasteiger partial charge < -0.3 is 28.4 Å². The Morgan fingerprint density at radius 2 is 0.588 bits per heavy atom. The molecule has 1 aliphatic heterocycles. The van der Waals surface area contributed by atoms with Gasteiger partial charge in [0.15, 0.2) is 0 Å². The Hall–Kier alpha value is -3.06. The van der Waals surface area contributed by atoms with Crippen LogP contribution in [-0.4, -0.2) is 19.8 Å². The van der Waals surface area contributed by atoms with Crippen molar-refractivity contribution in [1.29, 1.82) is 0 Å². The Labute approximate surface area is 309 Å². The minimum Gasteiger partial charge on any atom is -0.493 e. The summed E-state index contributed by atoms with van der Waals surface area (Å²) < 4.78 is 39.4. The maximum atomic E-state index is 6.61. The summed E-state index contributed by atoms with van der Waals surface area (Å²) in [4.78, 5) is 0. The Kier molecular flexibility index (Phi) is 14.1. The molecule has 0 radical (unpaired) electrons. The summed E-state index contributed by atoms with van der Waals surface area (Å²) in [5.74, 6) is 2.58. The van der Waals surface area contributed by atoms with E-state index in [4.69, 9.17) is 28.4 Å². The molecule has 3 aromatic carbocycles. The number of fused-ring (bicyclic) bond motifs is 6. The quantitative estimate of drug-likeness (QED) is 0.221. The van der Waals surface area contributed by atoms with E-state index in [2.05, 4.69) is 119 Å². The van der Waals surface area contributed by atoms with Crippen LogP contribution in [0.4, 0.5) is 0 Å². The normalized spacial score (nSPS) is 14.8. The molecule has 6 bridgehead atoms. The third kappa shape index (κ3) is 11.0. The molecule has 0 amide bonds. The van der Waals surface area contributed by atoms with Gasteiger partial charge in [0, 0.05) is 33.4 Å². The maximum Gasteiger partial charge on any atom is 0.130 e. The van der Waals surface area contributed by atoms with Gasteiger partial charge in [-0.3, -0.25) is 0 Å². The summed E-state index contributed by atoms with van der Waals surface area (Å²) in [6, 6.07) is 13.5. The SMILES string of the molecule is CCCOc1c2cc(C(C)(C)C)cc1COCc1cc(C(C)(C)C)cc(c1OCCC)COCc1cc(C(C)(C)C)cc(c1OCCC)COC2. The summed E-state index contributed by atoms with van der Waals surface area (Å²) in [5, 5.41) is 0. The van der Waals surface area contributed by atoms with E-state index in [-0.39, 0.29) is 16.2 Å². The number of ether oxygens (including phenoxy) is 6. The predicted octanol–water partition coefficient (Wildman–Crippen LogP) is 11.4. The fourth-order valence-corrected chi connectivity index (χ4v) is 6.19. The topological polar surface area (TPSA) is 55.4 Å². The molecule has 282 valence electrons. The number of rotatable bonds is 9. The van der Waals surface area contributed by atoms with Crippen molar-refractivity contribution in [3.63, 3.8) is 0 Å². The van der Waals surface area contributed by atoms with E-state index in [1.807, 2.05) is 0 Å². The largest absolute Gasteiger partial charge is 0.493 e. The van der Waals surface area contributed by atoms with E-state index in [1.54, 1.807) is 0 Å². The molecular formula is C45H66O6. The summed E-state index contributed by atoms with van der Waals surface area (Å²) in [6.07, 6.45) is 2.72. The maximum absolute atomic E-state index is 6.61. The van der Waals surface area contributed by atoms with Gasteiger partial charge in [0.2, 0.25) is 0 Å². The van der Waals surface area contributed by atoms with Crippen LogP contribution >= 0.6 is 0 Å². The molecule has 0 unspecified atom stereocenters. The van der Waals surface area contributed by atoms with E-state index >= 15 is 0 Å². The van der Waals surface area contributed by atoms with Gasteiger partial charge in [0.05, 0.1) is 59.5 Å². The van der Waals surface area contributed by atoms with Crippen molar-refractivity contribution >= 4 is 0 Å². The van der Waals surface area contributed by atoms with Crippen LogP contribution in [0.3, 0.4) is 0 Å². The summed E-state index contributed by atoms with van der Waals surface area (Å²) >= 11 is 0. The average Bonchev–Trinajstić information content (AvgIpc) is 3.04. The molecule has 1 heterocycles. The van der Waals surface area contributed by atoms with Crippen LogP contribution in [0.2, 0.25) is 0 Å². The Balaban J connectivity index is 1.95. The first-order valence-corrected chi connectivity index (χ1v) is 19.2. The Morgan fingerprint density at radius 3 is 0.745 bits per heavy atom. The van der Waals surface area contributed by atoms with Gasteiger partial charge in [0.25, 0.3) is 0 Å². The third-order valence-electron chi connectivity index (χ3n) is 9.22. The zero-order chi connectivity index (χ0) is 37.4. The molecule has 6 heteroatoms. The minimum atomic E-state index is -0.0714. The molecule has 6 nitrogen and oxygen atoms in total. The van der Waals surface area contributed by atoms with Crippen LogP contribution in [0.5, 0.6) is 17.2 Å². The molecule has 0 spiro atoms. The van der Waals surface area contributed by atoms with Crippen molar-refractivity contribution in [2.75, 3.05) is 19.8 Å². The van der Waals surface area contributed by atoms with E-state index < -0.39 is 0 Å². The van der Waals surface area contributed by atoms with E-state index in [9.17, 15) is 0 Å². The molecular weight excluding hydrogens is 636 g/mol. The van der Waals surface area contributed by atoms with Gasteiger partial charge in [-0.05, 0) is 88.6 Å². The van der Waals surface area contributed by atoms with Crippen molar-refractivity contribution in [1.82, 2.24) is 0 Å². The monoisotopic (exact) mass is 702 g/mol. The van der Waals surface area contributed by atoms with Crippen molar-refractivity contribution in [3.05, 3.63) is 86.5 Å². The Morgan fingerprint density at radius 1 is 0.392 bits per heavy atom. The third-order valence-corrected chi connectivity index (χ3v) is 9.22. The lowest BCUT2D eigenvalue weighted by atomic mass is 9.84. The summed E-state index contributed by atoms with van der Waals surface area (Å²) in [7, 11) is 0.